The zero-order valence-corrected chi connectivity index (χ0v) is 15.2. The van der Waals surface area contributed by atoms with E-state index in [1.165, 1.54) is 5.56 Å². The lowest BCUT2D eigenvalue weighted by Crippen LogP contribution is -2.56. The average molecular weight is 344 g/mol. The molecule has 0 unspecified atom stereocenters. The molecule has 136 valence electrons. The van der Waals surface area contributed by atoms with Gasteiger partial charge in [0.15, 0.2) is 0 Å². The molecule has 6 heteroatoms. The molecule has 2 amide bonds. The fourth-order valence-electron chi connectivity index (χ4n) is 3.80. The molecule has 2 saturated heterocycles. The first-order chi connectivity index (χ1) is 12.1. The van der Waals surface area contributed by atoms with Gasteiger partial charge in [0.1, 0.15) is 6.04 Å². The first-order valence-corrected chi connectivity index (χ1v) is 9.26. The highest BCUT2D eigenvalue weighted by atomic mass is 16.2. The lowest BCUT2D eigenvalue weighted by Gasteiger charge is -2.39. The third-order valence-electron chi connectivity index (χ3n) is 5.17. The summed E-state index contributed by atoms with van der Waals surface area (Å²) in [4.78, 5) is 35.3. The number of hydrogen-bond donors (Lipinski definition) is 0. The van der Waals surface area contributed by atoms with Gasteiger partial charge in [-0.05, 0) is 30.0 Å². The lowest BCUT2D eigenvalue weighted by molar-refractivity contribution is -0.146. The Morgan fingerprint density at radius 3 is 2.36 bits per heavy atom. The predicted molar refractivity (Wildman–Crippen MR) is 95.7 cm³/mol. The highest BCUT2D eigenvalue weighted by Gasteiger charge is 2.37. The molecule has 0 N–H and O–H groups in total. The van der Waals surface area contributed by atoms with Gasteiger partial charge in [-0.25, -0.2) is 0 Å². The van der Waals surface area contributed by atoms with Gasteiger partial charge < -0.3 is 9.80 Å². The van der Waals surface area contributed by atoms with Gasteiger partial charge >= 0.3 is 0 Å². The van der Waals surface area contributed by atoms with Crippen LogP contribution in [0.2, 0.25) is 0 Å². The number of nitrogens with zero attached hydrogens (tertiary/aromatic N) is 4. The Bertz CT molecular complexity index is 597. The van der Waals surface area contributed by atoms with E-state index in [-0.39, 0.29) is 23.8 Å². The molecule has 2 aliphatic rings. The molecule has 0 radical (unpaired) electrons. The number of pyridine rings is 1. The van der Waals surface area contributed by atoms with Gasteiger partial charge in [-0.1, -0.05) is 13.8 Å². The Kier molecular flexibility index (Phi) is 5.68. The predicted octanol–water partition coefficient (Wildman–Crippen LogP) is 1.37. The molecule has 2 aliphatic heterocycles. The van der Waals surface area contributed by atoms with Crippen LogP contribution in [-0.2, 0) is 16.1 Å². The number of carbonyl (C=O) groups excluding carboxylic acids is 2. The number of piperazine rings is 1. The number of hydrogen-bond acceptors (Lipinski definition) is 4. The summed E-state index contributed by atoms with van der Waals surface area (Å²) in [6.07, 6.45) is 5.08. The first kappa shape index (κ1) is 17.9. The van der Waals surface area contributed by atoms with Crippen molar-refractivity contribution >= 4 is 11.8 Å². The fraction of sp³-hybridized carbons (Fsp3) is 0.632. The third-order valence-corrected chi connectivity index (χ3v) is 5.17. The number of amides is 2. The maximum absolute atomic E-state index is 13.0. The Hall–Kier alpha value is -1.95. The van der Waals surface area contributed by atoms with E-state index in [1.54, 1.807) is 4.90 Å². The molecule has 3 heterocycles. The van der Waals surface area contributed by atoms with Crippen LogP contribution in [0.25, 0.3) is 0 Å². The Morgan fingerprint density at radius 1 is 1.12 bits per heavy atom. The first-order valence-electron chi connectivity index (χ1n) is 9.26. The van der Waals surface area contributed by atoms with Crippen LogP contribution in [0.3, 0.4) is 0 Å². The summed E-state index contributed by atoms with van der Waals surface area (Å²) in [5, 5.41) is 0. The van der Waals surface area contributed by atoms with Crippen molar-refractivity contribution < 1.29 is 9.59 Å². The maximum atomic E-state index is 13.0. The number of rotatable bonds is 5. The van der Waals surface area contributed by atoms with Crippen molar-refractivity contribution in [3.8, 4) is 0 Å². The zero-order chi connectivity index (χ0) is 17.8. The topological polar surface area (TPSA) is 56.8 Å². The van der Waals surface area contributed by atoms with Crippen LogP contribution in [0.4, 0.5) is 0 Å². The summed E-state index contributed by atoms with van der Waals surface area (Å²) in [6, 6.07) is 3.76. The fourth-order valence-corrected chi connectivity index (χ4v) is 3.80. The van der Waals surface area contributed by atoms with Crippen LogP contribution in [-0.4, -0.2) is 70.3 Å². The molecule has 1 aromatic heterocycles. The van der Waals surface area contributed by atoms with Crippen LogP contribution in [0.1, 0.15) is 32.3 Å². The van der Waals surface area contributed by atoms with Crippen LogP contribution in [0, 0.1) is 5.92 Å². The second-order valence-corrected chi connectivity index (χ2v) is 7.34. The van der Waals surface area contributed by atoms with Gasteiger partial charge in [0.2, 0.25) is 11.8 Å². The summed E-state index contributed by atoms with van der Waals surface area (Å²) < 4.78 is 0. The van der Waals surface area contributed by atoms with E-state index in [2.05, 4.69) is 9.88 Å². The molecule has 1 atom stereocenters. The molecule has 0 saturated carbocycles. The summed E-state index contributed by atoms with van der Waals surface area (Å²) in [6.45, 7) is 8.88. The van der Waals surface area contributed by atoms with Gasteiger partial charge in [-0.2, -0.15) is 0 Å². The van der Waals surface area contributed by atoms with Crippen LogP contribution in [0.15, 0.2) is 24.5 Å². The monoisotopic (exact) mass is 344 g/mol. The minimum absolute atomic E-state index is 0.119. The third kappa shape index (κ3) is 4.18. The van der Waals surface area contributed by atoms with Crippen LogP contribution in [0.5, 0.6) is 0 Å². The highest BCUT2D eigenvalue weighted by molar-refractivity contribution is 5.89. The van der Waals surface area contributed by atoms with Crippen LogP contribution >= 0.6 is 0 Å². The van der Waals surface area contributed by atoms with E-state index in [9.17, 15) is 9.59 Å². The van der Waals surface area contributed by atoms with E-state index >= 15 is 0 Å². The molecule has 0 spiro atoms. The number of aromatic nitrogens is 1. The quantitative estimate of drug-likeness (QED) is 0.810. The van der Waals surface area contributed by atoms with Crippen molar-refractivity contribution in [1.82, 2.24) is 19.7 Å². The summed E-state index contributed by atoms with van der Waals surface area (Å²) in [5.41, 5.74) is 1.25. The molecule has 3 rings (SSSR count). The van der Waals surface area contributed by atoms with Gasteiger partial charge in [0.05, 0.1) is 0 Å². The minimum atomic E-state index is -0.304. The van der Waals surface area contributed by atoms with Gasteiger partial charge in [0.25, 0.3) is 0 Å². The van der Waals surface area contributed by atoms with E-state index < -0.39 is 0 Å². The molecule has 1 aromatic rings. The molecule has 0 bridgehead atoms. The van der Waals surface area contributed by atoms with Crippen molar-refractivity contribution in [2.45, 2.75) is 39.3 Å². The number of carbonyl (C=O) groups is 2. The Balaban J connectivity index is 1.57. The second kappa shape index (κ2) is 7.95. The van der Waals surface area contributed by atoms with Crippen molar-refractivity contribution in [3.63, 3.8) is 0 Å². The van der Waals surface area contributed by atoms with Crippen molar-refractivity contribution in [1.29, 1.82) is 0 Å². The normalized spacial score (nSPS) is 20.4. The summed E-state index contributed by atoms with van der Waals surface area (Å²) >= 11 is 0. The van der Waals surface area contributed by atoms with E-state index in [1.807, 2.05) is 43.3 Å². The molecule has 2 fully saturated rings. The lowest BCUT2D eigenvalue weighted by atomic mass is 10.0. The highest BCUT2D eigenvalue weighted by Crippen LogP contribution is 2.21. The van der Waals surface area contributed by atoms with Gasteiger partial charge in [0, 0.05) is 58.1 Å². The summed E-state index contributed by atoms with van der Waals surface area (Å²) in [5.74, 6) is 0.390. The second-order valence-electron chi connectivity index (χ2n) is 7.34. The Labute approximate surface area is 149 Å². The van der Waals surface area contributed by atoms with E-state index in [0.29, 0.717) is 6.42 Å². The van der Waals surface area contributed by atoms with Crippen molar-refractivity contribution in [3.05, 3.63) is 30.1 Å². The standard InChI is InChI=1S/C19H28N4O2/c1-15(2)18(23-9-3-4-17(23)24)19(25)22-12-10-21(11-13-22)14-16-5-7-20-8-6-16/h5-8,15,18H,3-4,9-14H2,1-2H3/t18-/m0/s1. The molecule has 0 aliphatic carbocycles. The largest absolute Gasteiger partial charge is 0.338 e. The SMILES string of the molecule is CC(C)[C@@H](C(=O)N1CCN(Cc2ccncc2)CC1)N1CCCC1=O. The Morgan fingerprint density at radius 2 is 1.80 bits per heavy atom. The van der Waals surface area contributed by atoms with E-state index in [0.717, 1.165) is 45.7 Å². The molecular weight excluding hydrogens is 316 g/mol. The molecule has 6 nitrogen and oxygen atoms in total. The van der Waals surface area contributed by atoms with Gasteiger partial charge in [-0.3, -0.25) is 19.5 Å². The van der Waals surface area contributed by atoms with Crippen molar-refractivity contribution in [2.24, 2.45) is 5.92 Å². The van der Waals surface area contributed by atoms with Gasteiger partial charge in [-0.15, -0.1) is 0 Å². The van der Waals surface area contributed by atoms with Crippen molar-refractivity contribution in [2.75, 3.05) is 32.7 Å². The van der Waals surface area contributed by atoms with Crippen LogP contribution < -0.4 is 0 Å². The smallest absolute Gasteiger partial charge is 0.245 e. The summed E-state index contributed by atoms with van der Waals surface area (Å²) in [7, 11) is 0. The number of likely N-dealkylation sites (tertiary alicyclic amines) is 1. The average Bonchev–Trinajstić information content (AvgIpc) is 3.02. The molecule has 0 aromatic carbocycles. The molecule has 25 heavy (non-hydrogen) atoms. The molecular formula is C19H28N4O2. The zero-order valence-electron chi connectivity index (χ0n) is 15.2. The minimum Gasteiger partial charge on any atom is -0.338 e. The maximum Gasteiger partial charge on any atom is 0.245 e. The van der Waals surface area contributed by atoms with E-state index in [4.69, 9.17) is 0 Å².